The van der Waals surface area contributed by atoms with Gasteiger partial charge < -0.3 is 9.80 Å². The maximum absolute atomic E-state index is 13.8. The number of hydrogen-bond donors (Lipinski definition) is 0. The molecule has 2 fully saturated rings. The van der Waals surface area contributed by atoms with E-state index in [1.807, 2.05) is 11.9 Å². The van der Waals surface area contributed by atoms with Crippen molar-refractivity contribution in [3.05, 3.63) is 35.4 Å². The zero-order valence-electron chi connectivity index (χ0n) is 16.0. The third-order valence-corrected chi connectivity index (χ3v) is 6.12. The summed E-state index contributed by atoms with van der Waals surface area (Å²) in [5.74, 6) is -1.09. The van der Waals surface area contributed by atoms with E-state index in [2.05, 4.69) is 11.9 Å². The van der Waals surface area contributed by atoms with Gasteiger partial charge in [-0.15, -0.1) is 0 Å². The number of piperazine rings is 1. The number of nitrogens with zero attached hydrogens (tertiary/aromatic N) is 3. The van der Waals surface area contributed by atoms with Gasteiger partial charge in [0.15, 0.2) is 0 Å². The molecule has 7 heteroatoms. The number of carbonyl (C=O) groups excluding carboxylic acids is 2. The zero-order valence-corrected chi connectivity index (χ0v) is 16.0. The van der Waals surface area contributed by atoms with E-state index < -0.39 is 11.6 Å². The van der Waals surface area contributed by atoms with Crippen LogP contribution in [0.25, 0.3) is 0 Å². The monoisotopic (exact) mass is 379 g/mol. The molecule has 2 heterocycles. The van der Waals surface area contributed by atoms with Crippen LogP contribution in [0, 0.1) is 11.6 Å². The largest absolute Gasteiger partial charge is 0.346 e. The summed E-state index contributed by atoms with van der Waals surface area (Å²) in [7, 11) is 3.88. The first kappa shape index (κ1) is 19.7. The normalized spacial score (nSPS) is 24.4. The van der Waals surface area contributed by atoms with Crippen LogP contribution in [0.5, 0.6) is 0 Å². The van der Waals surface area contributed by atoms with Crippen molar-refractivity contribution in [2.75, 3.05) is 40.3 Å². The molecule has 0 radical (unpaired) electrons. The van der Waals surface area contributed by atoms with Crippen molar-refractivity contribution >= 4 is 11.8 Å². The van der Waals surface area contributed by atoms with Crippen LogP contribution in [-0.2, 0) is 16.0 Å². The van der Waals surface area contributed by atoms with Gasteiger partial charge in [0, 0.05) is 57.7 Å². The van der Waals surface area contributed by atoms with Gasteiger partial charge in [-0.25, -0.2) is 8.78 Å². The number of hydrogen-bond acceptors (Lipinski definition) is 3. The molecule has 1 aromatic rings. The minimum Gasteiger partial charge on any atom is -0.346 e. The van der Waals surface area contributed by atoms with Gasteiger partial charge in [-0.2, -0.15) is 0 Å². The SMILES string of the molecule is CN1CCC2(CCC1=O)CN(C(=O)CCc1ccc(F)cc1F)CCN2C. The summed E-state index contributed by atoms with van der Waals surface area (Å²) in [6.45, 7) is 2.67. The molecular formula is C20H27F2N3O2. The smallest absolute Gasteiger partial charge is 0.223 e. The van der Waals surface area contributed by atoms with E-state index in [0.717, 1.165) is 25.5 Å². The fourth-order valence-corrected chi connectivity index (χ4v) is 4.10. The molecule has 1 aromatic carbocycles. The Balaban J connectivity index is 1.64. The fraction of sp³-hybridized carbons (Fsp3) is 0.600. The molecule has 0 aliphatic carbocycles. The third-order valence-electron chi connectivity index (χ3n) is 6.12. The summed E-state index contributed by atoms with van der Waals surface area (Å²) < 4.78 is 26.8. The van der Waals surface area contributed by atoms with Crippen molar-refractivity contribution in [3.63, 3.8) is 0 Å². The summed E-state index contributed by atoms with van der Waals surface area (Å²) in [5.41, 5.74) is 0.172. The first-order valence-electron chi connectivity index (χ1n) is 9.48. The zero-order chi connectivity index (χ0) is 19.6. The minimum absolute atomic E-state index is 0.0184. The molecule has 1 spiro atoms. The fourth-order valence-electron chi connectivity index (χ4n) is 4.10. The maximum Gasteiger partial charge on any atom is 0.223 e. The molecule has 3 rings (SSSR count). The number of rotatable bonds is 3. The summed E-state index contributed by atoms with van der Waals surface area (Å²) in [6, 6.07) is 3.46. The van der Waals surface area contributed by atoms with Gasteiger partial charge in [0.05, 0.1) is 0 Å². The molecule has 2 amide bonds. The Morgan fingerprint density at radius 1 is 1.15 bits per heavy atom. The molecule has 1 unspecified atom stereocenters. The lowest BCUT2D eigenvalue weighted by Crippen LogP contribution is -2.62. The van der Waals surface area contributed by atoms with Crippen LogP contribution in [-0.4, -0.2) is 72.3 Å². The highest BCUT2D eigenvalue weighted by Gasteiger charge is 2.42. The van der Waals surface area contributed by atoms with Crippen molar-refractivity contribution in [3.8, 4) is 0 Å². The standard InChI is InChI=1S/C20H27F2N3O2/c1-23-10-9-20(8-7-18(23)26)14-25(12-11-24(20)2)19(27)6-4-15-3-5-16(21)13-17(15)22/h3,5,13H,4,6-12,14H2,1-2H3. The predicted octanol–water partition coefficient (Wildman–Crippen LogP) is 2.05. The second kappa shape index (κ2) is 7.92. The van der Waals surface area contributed by atoms with Gasteiger partial charge in [-0.05, 0) is 37.9 Å². The number of likely N-dealkylation sites (N-methyl/N-ethyl adjacent to an activating group) is 1. The number of benzene rings is 1. The predicted molar refractivity (Wildman–Crippen MR) is 98.1 cm³/mol. The average molecular weight is 379 g/mol. The van der Waals surface area contributed by atoms with Crippen LogP contribution < -0.4 is 0 Å². The Hall–Kier alpha value is -2.02. The van der Waals surface area contributed by atoms with Crippen LogP contribution in [0.15, 0.2) is 18.2 Å². The van der Waals surface area contributed by atoms with Crippen molar-refractivity contribution in [2.45, 2.75) is 37.6 Å². The molecule has 27 heavy (non-hydrogen) atoms. The number of carbonyl (C=O) groups is 2. The number of amides is 2. The third kappa shape index (κ3) is 4.29. The number of likely N-dealkylation sites (tertiary alicyclic amines) is 1. The lowest BCUT2D eigenvalue weighted by Gasteiger charge is -2.49. The highest BCUT2D eigenvalue weighted by atomic mass is 19.1. The van der Waals surface area contributed by atoms with Crippen molar-refractivity contribution < 1.29 is 18.4 Å². The molecule has 2 aliphatic rings. The summed E-state index contributed by atoms with van der Waals surface area (Å²) in [5, 5.41) is 0. The molecule has 1 atom stereocenters. The molecule has 2 saturated heterocycles. The highest BCUT2D eigenvalue weighted by Crippen LogP contribution is 2.32. The molecule has 0 saturated carbocycles. The Bertz CT molecular complexity index is 727. The molecule has 5 nitrogen and oxygen atoms in total. The molecule has 148 valence electrons. The summed E-state index contributed by atoms with van der Waals surface area (Å²) >= 11 is 0. The maximum atomic E-state index is 13.8. The van der Waals surface area contributed by atoms with E-state index in [0.29, 0.717) is 31.6 Å². The second-order valence-corrected chi connectivity index (χ2v) is 7.76. The summed E-state index contributed by atoms with van der Waals surface area (Å²) in [4.78, 5) is 30.7. The Labute approximate surface area is 158 Å². The van der Waals surface area contributed by atoms with Crippen molar-refractivity contribution in [2.24, 2.45) is 0 Å². The molecular weight excluding hydrogens is 352 g/mol. The van der Waals surface area contributed by atoms with Crippen LogP contribution in [0.4, 0.5) is 8.78 Å². The topological polar surface area (TPSA) is 43.9 Å². The first-order valence-corrected chi connectivity index (χ1v) is 9.48. The molecule has 0 aromatic heterocycles. The van der Waals surface area contributed by atoms with Gasteiger partial charge in [-0.3, -0.25) is 14.5 Å². The van der Waals surface area contributed by atoms with E-state index in [9.17, 15) is 18.4 Å². The van der Waals surface area contributed by atoms with Crippen LogP contribution in [0.3, 0.4) is 0 Å². The van der Waals surface area contributed by atoms with E-state index in [4.69, 9.17) is 0 Å². The van der Waals surface area contributed by atoms with E-state index in [1.165, 1.54) is 12.1 Å². The lowest BCUT2D eigenvalue weighted by atomic mass is 9.86. The Kier molecular flexibility index (Phi) is 5.79. The van der Waals surface area contributed by atoms with E-state index >= 15 is 0 Å². The Morgan fingerprint density at radius 2 is 1.93 bits per heavy atom. The second-order valence-electron chi connectivity index (χ2n) is 7.76. The van der Waals surface area contributed by atoms with Crippen LogP contribution in [0.2, 0.25) is 0 Å². The van der Waals surface area contributed by atoms with Crippen molar-refractivity contribution in [1.82, 2.24) is 14.7 Å². The van der Waals surface area contributed by atoms with Gasteiger partial charge >= 0.3 is 0 Å². The molecule has 2 aliphatic heterocycles. The number of aryl methyl sites for hydroxylation is 1. The molecule has 0 N–H and O–H groups in total. The highest BCUT2D eigenvalue weighted by molar-refractivity contribution is 5.77. The van der Waals surface area contributed by atoms with Gasteiger partial charge in [0.1, 0.15) is 11.6 Å². The van der Waals surface area contributed by atoms with Gasteiger partial charge in [0.2, 0.25) is 11.8 Å². The van der Waals surface area contributed by atoms with Gasteiger partial charge in [-0.1, -0.05) is 6.07 Å². The Morgan fingerprint density at radius 3 is 2.67 bits per heavy atom. The average Bonchev–Trinajstić information content (AvgIpc) is 2.78. The van der Waals surface area contributed by atoms with E-state index in [-0.39, 0.29) is 30.2 Å². The van der Waals surface area contributed by atoms with Crippen LogP contribution >= 0.6 is 0 Å². The lowest BCUT2D eigenvalue weighted by molar-refractivity contribution is -0.136. The van der Waals surface area contributed by atoms with Gasteiger partial charge in [0.25, 0.3) is 0 Å². The minimum atomic E-state index is -0.614. The molecule has 0 bridgehead atoms. The number of halogens is 2. The summed E-state index contributed by atoms with van der Waals surface area (Å²) in [6.07, 6.45) is 2.52. The van der Waals surface area contributed by atoms with Crippen molar-refractivity contribution in [1.29, 1.82) is 0 Å². The van der Waals surface area contributed by atoms with E-state index in [1.54, 1.807) is 4.90 Å². The van der Waals surface area contributed by atoms with Crippen LogP contribution in [0.1, 0.15) is 31.2 Å². The first-order chi connectivity index (χ1) is 12.8. The quantitative estimate of drug-likeness (QED) is 0.808.